The first-order chi connectivity index (χ1) is 7.27. The summed E-state index contributed by atoms with van der Waals surface area (Å²) in [5.74, 6) is 2.05. The van der Waals surface area contributed by atoms with Crippen molar-refractivity contribution in [2.75, 3.05) is 18.6 Å². The summed E-state index contributed by atoms with van der Waals surface area (Å²) in [5.41, 5.74) is 5.87. The fourth-order valence-corrected chi connectivity index (χ4v) is 1.53. The molecule has 0 saturated heterocycles. The Morgan fingerprint density at radius 1 is 1.60 bits per heavy atom. The van der Waals surface area contributed by atoms with Crippen LogP contribution >= 0.6 is 11.8 Å². The zero-order valence-electron chi connectivity index (χ0n) is 9.10. The second kappa shape index (κ2) is 6.81. The molecule has 1 heterocycles. The van der Waals surface area contributed by atoms with Crippen LogP contribution in [-0.2, 0) is 11.3 Å². The summed E-state index contributed by atoms with van der Waals surface area (Å²) in [6.07, 6.45) is 2.89. The number of aromatic nitrogens is 2. The zero-order valence-corrected chi connectivity index (χ0v) is 9.92. The summed E-state index contributed by atoms with van der Waals surface area (Å²) < 4.78 is 10.2. The van der Waals surface area contributed by atoms with Crippen LogP contribution in [0.1, 0.15) is 31.1 Å². The number of rotatable bonds is 7. The van der Waals surface area contributed by atoms with Crippen LogP contribution in [0.2, 0.25) is 0 Å². The van der Waals surface area contributed by atoms with Crippen molar-refractivity contribution in [2.45, 2.75) is 26.0 Å². The normalized spacial score (nSPS) is 13.0. The SMILES string of the molecule is CCOCc1noc(C(N)CCSC)n1. The summed E-state index contributed by atoms with van der Waals surface area (Å²) >= 11 is 1.75. The van der Waals surface area contributed by atoms with Crippen LogP contribution in [-0.4, -0.2) is 28.8 Å². The predicted octanol–water partition coefficient (Wildman–Crippen LogP) is 1.36. The number of thioether (sulfide) groups is 1. The summed E-state index contributed by atoms with van der Waals surface area (Å²) in [6, 6.07) is -0.166. The molecule has 0 aromatic carbocycles. The highest BCUT2D eigenvalue weighted by molar-refractivity contribution is 7.98. The van der Waals surface area contributed by atoms with Gasteiger partial charge in [0.15, 0.2) is 5.82 Å². The maximum atomic E-state index is 5.87. The Morgan fingerprint density at radius 3 is 3.07 bits per heavy atom. The van der Waals surface area contributed by atoms with Gasteiger partial charge in [0.05, 0.1) is 6.04 Å². The maximum absolute atomic E-state index is 5.87. The van der Waals surface area contributed by atoms with E-state index in [2.05, 4.69) is 10.1 Å². The van der Waals surface area contributed by atoms with E-state index in [4.69, 9.17) is 15.0 Å². The highest BCUT2D eigenvalue weighted by Crippen LogP contribution is 2.14. The molecular weight excluding hydrogens is 214 g/mol. The van der Waals surface area contributed by atoms with Crippen molar-refractivity contribution in [1.29, 1.82) is 0 Å². The van der Waals surface area contributed by atoms with E-state index in [0.29, 0.717) is 24.9 Å². The standard InChI is InChI=1S/C9H17N3O2S/c1-3-13-6-8-11-9(14-12-8)7(10)4-5-15-2/h7H,3-6,10H2,1-2H3. The topological polar surface area (TPSA) is 74.2 Å². The Labute approximate surface area is 93.7 Å². The van der Waals surface area contributed by atoms with Gasteiger partial charge in [-0.15, -0.1) is 0 Å². The molecule has 1 rings (SSSR count). The van der Waals surface area contributed by atoms with E-state index < -0.39 is 0 Å². The maximum Gasteiger partial charge on any atom is 0.243 e. The minimum Gasteiger partial charge on any atom is -0.374 e. The van der Waals surface area contributed by atoms with Gasteiger partial charge < -0.3 is 15.0 Å². The highest BCUT2D eigenvalue weighted by Gasteiger charge is 2.13. The molecule has 5 nitrogen and oxygen atoms in total. The second-order valence-electron chi connectivity index (χ2n) is 3.07. The molecule has 0 bridgehead atoms. The average molecular weight is 231 g/mol. The molecule has 15 heavy (non-hydrogen) atoms. The van der Waals surface area contributed by atoms with Gasteiger partial charge in [0.25, 0.3) is 0 Å². The van der Waals surface area contributed by atoms with Crippen LogP contribution < -0.4 is 5.73 Å². The first-order valence-corrected chi connectivity index (χ1v) is 6.32. The van der Waals surface area contributed by atoms with Gasteiger partial charge in [-0.3, -0.25) is 0 Å². The minimum absolute atomic E-state index is 0.166. The number of nitrogens with two attached hydrogens (primary N) is 1. The fourth-order valence-electron chi connectivity index (χ4n) is 1.04. The lowest BCUT2D eigenvalue weighted by Gasteiger charge is -2.03. The van der Waals surface area contributed by atoms with Crippen LogP contribution in [0.3, 0.4) is 0 Å². The Kier molecular flexibility index (Phi) is 5.67. The number of hydrogen-bond acceptors (Lipinski definition) is 6. The molecule has 0 spiro atoms. The molecule has 0 fully saturated rings. The van der Waals surface area contributed by atoms with Crippen LogP contribution in [0.4, 0.5) is 0 Å². The van der Waals surface area contributed by atoms with Gasteiger partial charge in [0, 0.05) is 6.61 Å². The molecule has 0 saturated carbocycles. The van der Waals surface area contributed by atoms with E-state index in [1.54, 1.807) is 11.8 Å². The van der Waals surface area contributed by atoms with E-state index in [1.807, 2.05) is 13.2 Å². The van der Waals surface area contributed by atoms with Crippen LogP contribution in [0, 0.1) is 0 Å². The Balaban J connectivity index is 2.43. The van der Waals surface area contributed by atoms with Crippen molar-refractivity contribution in [3.8, 4) is 0 Å². The van der Waals surface area contributed by atoms with E-state index in [9.17, 15) is 0 Å². The molecule has 0 aliphatic carbocycles. The molecule has 0 amide bonds. The molecule has 1 unspecified atom stereocenters. The van der Waals surface area contributed by atoms with Crippen molar-refractivity contribution < 1.29 is 9.26 Å². The molecule has 1 aromatic rings. The molecule has 6 heteroatoms. The van der Waals surface area contributed by atoms with E-state index in [1.165, 1.54) is 0 Å². The van der Waals surface area contributed by atoms with Crippen molar-refractivity contribution >= 4 is 11.8 Å². The van der Waals surface area contributed by atoms with E-state index in [0.717, 1.165) is 12.2 Å². The number of nitrogens with zero attached hydrogens (tertiary/aromatic N) is 2. The highest BCUT2D eigenvalue weighted by atomic mass is 32.2. The third kappa shape index (κ3) is 4.19. The molecule has 2 N–H and O–H groups in total. The lowest BCUT2D eigenvalue weighted by molar-refractivity contribution is 0.126. The zero-order chi connectivity index (χ0) is 11.1. The monoisotopic (exact) mass is 231 g/mol. The van der Waals surface area contributed by atoms with Gasteiger partial charge in [-0.05, 0) is 25.4 Å². The predicted molar refractivity (Wildman–Crippen MR) is 59.6 cm³/mol. The lowest BCUT2D eigenvalue weighted by atomic mass is 10.2. The third-order valence-electron chi connectivity index (χ3n) is 1.87. The van der Waals surface area contributed by atoms with Gasteiger partial charge in [-0.25, -0.2) is 0 Å². The summed E-state index contributed by atoms with van der Waals surface area (Å²) in [6.45, 7) is 2.95. The molecular formula is C9H17N3O2S. The van der Waals surface area contributed by atoms with Gasteiger partial charge in [-0.2, -0.15) is 16.7 Å². The van der Waals surface area contributed by atoms with Gasteiger partial charge in [0.1, 0.15) is 6.61 Å². The van der Waals surface area contributed by atoms with E-state index in [-0.39, 0.29) is 6.04 Å². The van der Waals surface area contributed by atoms with Gasteiger partial charge in [0.2, 0.25) is 5.89 Å². The molecule has 1 atom stereocenters. The molecule has 0 aliphatic heterocycles. The lowest BCUT2D eigenvalue weighted by Crippen LogP contribution is -2.11. The largest absolute Gasteiger partial charge is 0.374 e. The molecule has 0 radical (unpaired) electrons. The Hall–Kier alpha value is -0.590. The smallest absolute Gasteiger partial charge is 0.243 e. The average Bonchev–Trinajstić information content (AvgIpc) is 2.71. The number of ether oxygens (including phenoxy) is 1. The van der Waals surface area contributed by atoms with Crippen molar-refractivity contribution in [1.82, 2.24) is 10.1 Å². The quantitative estimate of drug-likeness (QED) is 0.763. The molecule has 1 aromatic heterocycles. The van der Waals surface area contributed by atoms with E-state index >= 15 is 0 Å². The second-order valence-corrected chi connectivity index (χ2v) is 4.06. The fraction of sp³-hybridized carbons (Fsp3) is 0.778. The van der Waals surface area contributed by atoms with Gasteiger partial charge in [-0.1, -0.05) is 5.16 Å². The minimum atomic E-state index is -0.166. The summed E-state index contributed by atoms with van der Waals surface area (Å²) in [5, 5.41) is 3.78. The summed E-state index contributed by atoms with van der Waals surface area (Å²) in [7, 11) is 0. The summed E-state index contributed by atoms with van der Waals surface area (Å²) in [4.78, 5) is 4.16. The van der Waals surface area contributed by atoms with Crippen LogP contribution in [0.15, 0.2) is 4.52 Å². The molecule has 86 valence electrons. The van der Waals surface area contributed by atoms with Crippen molar-refractivity contribution in [2.24, 2.45) is 5.73 Å². The van der Waals surface area contributed by atoms with Crippen molar-refractivity contribution in [3.63, 3.8) is 0 Å². The first kappa shape index (κ1) is 12.5. The van der Waals surface area contributed by atoms with Crippen molar-refractivity contribution in [3.05, 3.63) is 11.7 Å². The van der Waals surface area contributed by atoms with Gasteiger partial charge >= 0.3 is 0 Å². The number of hydrogen-bond donors (Lipinski definition) is 1. The Bertz CT molecular complexity index is 280. The molecule has 0 aliphatic rings. The third-order valence-corrected chi connectivity index (χ3v) is 2.51. The Morgan fingerprint density at radius 2 is 2.40 bits per heavy atom. The van der Waals surface area contributed by atoms with Crippen LogP contribution in [0.5, 0.6) is 0 Å². The van der Waals surface area contributed by atoms with Crippen LogP contribution in [0.25, 0.3) is 0 Å². The first-order valence-electron chi connectivity index (χ1n) is 4.92.